The Morgan fingerprint density at radius 2 is 1.71 bits per heavy atom. The predicted molar refractivity (Wildman–Crippen MR) is 101 cm³/mol. The normalized spacial score (nSPS) is 15.5. The summed E-state index contributed by atoms with van der Waals surface area (Å²) < 4.78 is 18.5. The average molecular weight is 380 g/mol. The van der Waals surface area contributed by atoms with E-state index in [2.05, 4.69) is 11.9 Å². The van der Waals surface area contributed by atoms with E-state index in [0.717, 1.165) is 10.5 Å². The summed E-state index contributed by atoms with van der Waals surface area (Å²) >= 11 is 0. The van der Waals surface area contributed by atoms with Gasteiger partial charge in [0.2, 0.25) is 0 Å². The summed E-state index contributed by atoms with van der Waals surface area (Å²) in [5, 5.41) is 2.13. The number of benzene rings is 2. The molecule has 142 valence electrons. The zero-order valence-corrected chi connectivity index (χ0v) is 14.9. The number of hydrogen-bond acceptors (Lipinski definition) is 4. The van der Waals surface area contributed by atoms with E-state index in [0.29, 0.717) is 11.3 Å². The van der Waals surface area contributed by atoms with Crippen molar-refractivity contribution in [3.63, 3.8) is 0 Å². The standard InChI is InChI=1S/C21H17FN2O4/c1-2-11-24-20(26)18(19(25)23-21(24)27)12-14-5-9-17(10-6-14)28-13-15-3-7-16(22)8-4-15/h2-10,12H,1,11,13H2,(H,23,25,27)/b18-12-. The van der Waals surface area contributed by atoms with Gasteiger partial charge >= 0.3 is 6.03 Å². The third-order valence-corrected chi connectivity index (χ3v) is 4.01. The van der Waals surface area contributed by atoms with Crippen molar-refractivity contribution in [1.29, 1.82) is 0 Å². The third-order valence-electron chi connectivity index (χ3n) is 4.01. The zero-order chi connectivity index (χ0) is 20.1. The summed E-state index contributed by atoms with van der Waals surface area (Å²) in [7, 11) is 0. The molecule has 1 saturated heterocycles. The second-order valence-electron chi connectivity index (χ2n) is 6.01. The highest BCUT2D eigenvalue weighted by Crippen LogP contribution is 2.18. The fourth-order valence-corrected chi connectivity index (χ4v) is 2.56. The Hall–Kier alpha value is -3.74. The maximum Gasteiger partial charge on any atom is 0.331 e. The number of rotatable bonds is 6. The average Bonchev–Trinajstić information content (AvgIpc) is 2.69. The number of amides is 4. The fourth-order valence-electron chi connectivity index (χ4n) is 2.56. The molecule has 7 heteroatoms. The van der Waals surface area contributed by atoms with Crippen molar-refractivity contribution in [1.82, 2.24) is 10.2 Å². The Balaban J connectivity index is 1.70. The largest absolute Gasteiger partial charge is 0.489 e. The van der Waals surface area contributed by atoms with E-state index >= 15 is 0 Å². The van der Waals surface area contributed by atoms with Crippen LogP contribution in [0.5, 0.6) is 5.75 Å². The van der Waals surface area contributed by atoms with Gasteiger partial charge in [0, 0.05) is 6.54 Å². The van der Waals surface area contributed by atoms with Crippen LogP contribution in [-0.4, -0.2) is 29.3 Å². The van der Waals surface area contributed by atoms with Crippen LogP contribution in [0.2, 0.25) is 0 Å². The Kier molecular flexibility index (Phi) is 5.64. The summed E-state index contributed by atoms with van der Waals surface area (Å²) in [5.74, 6) is -1.15. The van der Waals surface area contributed by atoms with Gasteiger partial charge in [-0.1, -0.05) is 30.3 Å². The minimum atomic E-state index is -0.767. The van der Waals surface area contributed by atoms with Crippen molar-refractivity contribution >= 4 is 23.9 Å². The number of ether oxygens (including phenoxy) is 1. The van der Waals surface area contributed by atoms with E-state index in [1.54, 1.807) is 36.4 Å². The topological polar surface area (TPSA) is 75.7 Å². The lowest BCUT2D eigenvalue weighted by Crippen LogP contribution is -2.54. The summed E-state index contributed by atoms with van der Waals surface area (Å²) in [6, 6.07) is 12.0. The van der Waals surface area contributed by atoms with Crippen LogP contribution >= 0.6 is 0 Å². The molecule has 0 aromatic heterocycles. The minimum Gasteiger partial charge on any atom is -0.489 e. The number of hydrogen-bond donors (Lipinski definition) is 1. The number of nitrogens with zero attached hydrogens (tertiary/aromatic N) is 1. The lowest BCUT2D eigenvalue weighted by atomic mass is 10.1. The third kappa shape index (κ3) is 4.32. The van der Waals surface area contributed by atoms with Gasteiger partial charge < -0.3 is 4.74 Å². The second kappa shape index (κ2) is 8.30. The highest BCUT2D eigenvalue weighted by atomic mass is 19.1. The van der Waals surface area contributed by atoms with E-state index < -0.39 is 17.8 Å². The molecule has 1 aliphatic heterocycles. The van der Waals surface area contributed by atoms with Crippen LogP contribution in [0.1, 0.15) is 11.1 Å². The monoisotopic (exact) mass is 380 g/mol. The molecule has 0 saturated carbocycles. The van der Waals surface area contributed by atoms with Gasteiger partial charge in [0.25, 0.3) is 11.8 Å². The quantitative estimate of drug-likeness (QED) is 0.475. The molecular formula is C21H17FN2O4. The highest BCUT2D eigenvalue weighted by Gasteiger charge is 2.34. The Bertz CT molecular complexity index is 949. The van der Waals surface area contributed by atoms with Gasteiger partial charge in [0.1, 0.15) is 23.7 Å². The van der Waals surface area contributed by atoms with E-state index in [9.17, 15) is 18.8 Å². The number of halogens is 1. The maximum absolute atomic E-state index is 12.9. The minimum absolute atomic E-state index is 0.00541. The molecule has 0 radical (unpaired) electrons. The van der Waals surface area contributed by atoms with Gasteiger partial charge in [-0.05, 0) is 41.5 Å². The number of carbonyl (C=O) groups excluding carboxylic acids is 3. The first-order chi connectivity index (χ1) is 13.5. The first kappa shape index (κ1) is 19.0. The smallest absolute Gasteiger partial charge is 0.331 e. The molecule has 0 spiro atoms. The van der Waals surface area contributed by atoms with Crippen molar-refractivity contribution < 1.29 is 23.5 Å². The van der Waals surface area contributed by atoms with Crippen molar-refractivity contribution in [3.05, 3.63) is 83.7 Å². The van der Waals surface area contributed by atoms with Crippen molar-refractivity contribution in [2.75, 3.05) is 6.54 Å². The molecule has 4 amide bonds. The van der Waals surface area contributed by atoms with Gasteiger partial charge in [-0.2, -0.15) is 0 Å². The number of imide groups is 2. The number of nitrogens with one attached hydrogen (secondary N) is 1. The van der Waals surface area contributed by atoms with Gasteiger partial charge in [-0.15, -0.1) is 6.58 Å². The first-order valence-electron chi connectivity index (χ1n) is 8.45. The molecule has 1 heterocycles. The molecule has 1 fully saturated rings. The summed E-state index contributed by atoms with van der Waals surface area (Å²) in [6.45, 7) is 3.78. The van der Waals surface area contributed by atoms with Crippen molar-refractivity contribution in [2.45, 2.75) is 6.61 Å². The van der Waals surface area contributed by atoms with E-state index in [4.69, 9.17) is 4.74 Å². The Morgan fingerprint density at radius 1 is 1.04 bits per heavy atom. The molecule has 0 aliphatic carbocycles. The number of carbonyl (C=O) groups is 3. The number of barbiturate groups is 1. The summed E-state index contributed by atoms with van der Waals surface area (Å²) in [4.78, 5) is 37.0. The van der Waals surface area contributed by atoms with Crippen LogP contribution in [0, 0.1) is 5.82 Å². The molecule has 2 aromatic rings. The van der Waals surface area contributed by atoms with Crippen LogP contribution < -0.4 is 10.1 Å². The molecule has 6 nitrogen and oxygen atoms in total. The Labute approximate surface area is 160 Å². The highest BCUT2D eigenvalue weighted by molar-refractivity contribution is 6.31. The molecule has 28 heavy (non-hydrogen) atoms. The van der Waals surface area contributed by atoms with Gasteiger partial charge in [0.05, 0.1) is 0 Å². The molecule has 0 unspecified atom stereocenters. The van der Waals surface area contributed by atoms with Crippen LogP contribution in [0.4, 0.5) is 9.18 Å². The lowest BCUT2D eigenvalue weighted by molar-refractivity contribution is -0.129. The number of urea groups is 1. The maximum atomic E-state index is 12.9. The van der Waals surface area contributed by atoms with Crippen LogP contribution in [0.15, 0.2) is 66.8 Å². The van der Waals surface area contributed by atoms with Crippen LogP contribution in [0.25, 0.3) is 6.08 Å². The van der Waals surface area contributed by atoms with E-state index in [1.165, 1.54) is 24.3 Å². The van der Waals surface area contributed by atoms with Crippen LogP contribution in [0.3, 0.4) is 0 Å². The van der Waals surface area contributed by atoms with E-state index in [-0.39, 0.29) is 24.5 Å². The molecule has 0 atom stereocenters. The molecular weight excluding hydrogens is 363 g/mol. The first-order valence-corrected chi connectivity index (χ1v) is 8.45. The van der Waals surface area contributed by atoms with Gasteiger partial charge in [-0.3, -0.25) is 19.8 Å². The molecule has 3 rings (SSSR count). The summed E-state index contributed by atoms with van der Waals surface area (Å²) in [6.07, 6.45) is 2.81. The predicted octanol–water partition coefficient (Wildman–Crippen LogP) is 3.05. The van der Waals surface area contributed by atoms with Gasteiger partial charge in [-0.25, -0.2) is 9.18 Å². The SMILES string of the molecule is C=CCN1C(=O)NC(=O)/C(=C/c2ccc(OCc3ccc(F)cc3)cc2)C1=O. The molecule has 2 aromatic carbocycles. The summed E-state index contributed by atoms with van der Waals surface area (Å²) in [5.41, 5.74) is 1.28. The van der Waals surface area contributed by atoms with Crippen molar-refractivity contribution in [2.24, 2.45) is 0 Å². The molecule has 1 N–H and O–H groups in total. The molecule has 0 bridgehead atoms. The lowest BCUT2D eigenvalue weighted by Gasteiger charge is -2.25. The van der Waals surface area contributed by atoms with Gasteiger partial charge in [0.15, 0.2) is 0 Å². The fraction of sp³-hybridized carbons (Fsp3) is 0.0952. The van der Waals surface area contributed by atoms with Crippen LogP contribution in [-0.2, 0) is 16.2 Å². The molecule has 1 aliphatic rings. The Morgan fingerprint density at radius 3 is 2.36 bits per heavy atom. The zero-order valence-electron chi connectivity index (χ0n) is 14.9. The second-order valence-corrected chi connectivity index (χ2v) is 6.01. The van der Waals surface area contributed by atoms with Crippen molar-refractivity contribution in [3.8, 4) is 5.75 Å². The van der Waals surface area contributed by atoms with E-state index in [1.807, 2.05) is 0 Å².